The van der Waals surface area contributed by atoms with Gasteiger partial charge in [-0.05, 0) is 46.3 Å². The lowest BCUT2D eigenvalue weighted by Gasteiger charge is -2.12. The van der Waals surface area contributed by atoms with Crippen molar-refractivity contribution in [2.75, 3.05) is 0 Å². The topological polar surface area (TPSA) is 67.8 Å². The summed E-state index contributed by atoms with van der Waals surface area (Å²) in [6, 6.07) is 7.79. The summed E-state index contributed by atoms with van der Waals surface area (Å²) in [6.45, 7) is 0. The SMILES string of the molecule is NC(=NO)c1c(F)cccc1Oc1ccc(F)cc1Br. The second-order valence-corrected chi connectivity index (χ2v) is 4.63. The minimum atomic E-state index is -0.698. The first-order chi connectivity index (χ1) is 9.52. The van der Waals surface area contributed by atoms with Gasteiger partial charge in [-0.3, -0.25) is 0 Å². The minimum Gasteiger partial charge on any atom is -0.455 e. The van der Waals surface area contributed by atoms with Crippen LogP contribution in [0.2, 0.25) is 0 Å². The van der Waals surface area contributed by atoms with Gasteiger partial charge in [-0.25, -0.2) is 8.78 Å². The average molecular weight is 343 g/mol. The Morgan fingerprint density at radius 1 is 1.20 bits per heavy atom. The van der Waals surface area contributed by atoms with Crippen molar-refractivity contribution in [1.29, 1.82) is 0 Å². The zero-order valence-corrected chi connectivity index (χ0v) is 11.6. The number of hydrogen-bond donors (Lipinski definition) is 2. The van der Waals surface area contributed by atoms with E-state index in [1.807, 2.05) is 0 Å². The fraction of sp³-hybridized carbons (Fsp3) is 0. The largest absolute Gasteiger partial charge is 0.455 e. The number of nitrogens with zero attached hydrogens (tertiary/aromatic N) is 1. The average Bonchev–Trinajstić information content (AvgIpc) is 2.41. The highest BCUT2D eigenvalue weighted by Crippen LogP contribution is 2.32. The lowest BCUT2D eigenvalue weighted by Crippen LogP contribution is -2.16. The van der Waals surface area contributed by atoms with Crippen molar-refractivity contribution in [3.8, 4) is 11.5 Å². The molecule has 0 radical (unpaired) electrons. The molecule has 2 rings (SSSR count). The summed E-state index contributed by atoms with van der Waals surface area (Å²) in [6.07, 6.45) is 0. The molecule has 0 aromatic heterocycles. The first kappa shape index (κ1) is 14.3. The standard InChI is InChI=1S/C13H9BrF2N2O2/c14-8-6-7(15)4-5-10(8)20-11-3-1-2-9(16)12(11)13(17)18-19/h1-6,19H,(H2,17,18). The van der Waals surface area contributed by atoms with Crippen molar-refractivity contribution in [1.82, 2.24) is 0 Å². The van der Waals surface area contributed by atoms with Gasteiger partial charge >= 0.3 is 0 Å². The highest BCUT2D eigenvalue weighted by Gasteiger charge is 2.16. The molecule has 104 valence electrons. The number of hydrogen-bond acceptors (Lipinski definition) is 3. The molecule has 0 amide bonds. The molecular formula is C13H9BrF2N2O2. The molecule has 7 heteroatoms. The molecule has 0 aliphatic rings. The van der Waals surface area contributed by atoms with E-state index in [1.165, 1.54) is 30.3 Å². The van der Waals surface area contributed by atoms with E-state index < -0.39 is 17.5 Å². The molecule has 0 saturated heterocycles. The molecule has 2 aromatic carbocycles. The van der Waals surface area contributed by atoms with E-state index in [2.05, 4.69) is 21.1 Å². The normalized spacial score (nSPS) is 11.4. The van der Waals surface area contributed by atoms with Crippen LogP contribution in [0.1, 0.15) is 5.56 Å². The van der Waals surface area contributed by atoms with Gasteiger partial charge < -0.3 is 15.7 Å². The van der Waals surface area contributed by atoms with Crippen LogP contribution >= 0.6 is 15.9 Å². The van der Waals surface area contributed by atoms with Gasteiger partial charge in [0.25, 0.3) is 0 Å². The predicted molar refractivity (Wildman–Crippen MR) is 73.1 cm³/mol. The van der Waals surface area contributed by atoms with Crippen molar-refractivity contribution in [2.45, 2.75) is 0 Å². The smallest absolute Gasteiger partial charge is 0.176 e. The van der Waals surface area contributed by atoms with Gasteiger partial charge in [0.15, 0.2) is 5.84 Å². The molecule has 0 spiro atoms. The molecule has 0 heterocycles. The zero-order chi connectivity index (χ0) is 14.7. The highest BCUT2D eigenvalue weighted by atomic mass is 79.9. The van der Waals surface area contributed by atoms with Gasteiger partial charge in [0.05, 0.1) is 10.0 Å². The summed E-state index contributed by atoms with van der Waals surface area (Å²) >= 11 is 3.13. The molecule has 0 aliphatic carbocycles. The number of nitrogens with two attached hydrogens (primary N) is 1. The number of ether oxygens (including phenoxy) is 1. The third kappa shape index (κ3) is 2.88. The number of amidine groups is 1. The second-order valence-electron chi connectivity index (χ2n) is 3.78. The lowest BCUT2D eigenvalue weighted by atomic mass is 10.1. The molecule has 20 heavy (non-hydrogen) atoms. The molecule has 0 fully saturated rings. The number of halogens is 3. The van der Waals surface area contributed by atoms with E-state index in [0.717, 1.165) is 6.07 Å². The summed E-state index contributed by atoms with van der Waals surface area (Å²) in [7, 11) is 0. The minimum absolute atomic E-state index is 0.0487. The van der Waals surface area contributed by atoms with Crippen LogP contribution in [0.5, 0.6) is 11.5 Å². The van der Waals surface area contributed by atoms with Crippen molar-refractivity contribution in [3.63, 3.8) is 0 Å². The van der Waals surface area contributed by atoms with E-state index in [9.17, 15) is 8.78 Å². The fourth-order valence-electron chi connectivity index (χ4n) is 1.56. The predicted octanol–water partition coefficient (Wildman–Crippen LogP) is 3.61. The van der Waals surface area contributed by atoms with Gasteiger partial charge in [-0.1, -0.05) is 11.2 Å². The van der Waals surface area contributed by atoms with Crippen LogP contribution in [0.25, 0.3) is 0 Å². The Hall–Kier alpha value is -2.15. The van der Waals surface area contributed by atoms with Crippen LogP contribution in [0, 0.1) is 11.6 Å². The molecule has 4 nitrogen and oxygen atoms in total. The van der Waals surface area contributed by atoms with E-state index in [0.29, 0.717) is 4.47 Å². The first-order valence-electron chi connectivity index (χ1n) is 5.42. The Balaban J connectivity index is 2.46. The fourth-order valence-corrected chi connectivity index (χ4v) is 2.00. The third-order valence-corrected chi connectivity index (χ3v) is 3.07. The zero-order valence-electron chi connectivity index (χ0n) is 9.98. The van der Waals surface area contributed by atoms with Crippen molar-refractivity contribution in [3.05, 3.63) is 58.1 Å². The quantitative estimate of drug-likeness (QED) is 0.387. The van der Waals surface area contributed by atoms with Gasteiger partial charge in [-0.2, -0.15) is 0 Å². The van der Waals surface area contributed by atoms with Gasteiger partial charge in [-0.15, -0.1) is 0 Å². The van der Waals surface area contributed by atoms with Crippen LogP contribution < -0.4 is 10.5 Å². The summed E-state index contributed by atoms with van der Waals surface area (Å²) in [5, 5.41) is 11.4. The lowest BCUT2D eigenvalue weighted by molar-refractivity contribution is 0.318. The maximum Gasteiger partial charge on any atom is 0.176 e. The van der Waals surface area contributed by atoms with E-state index in [-0.39, 0.29) is 17.1 Å². The molecule has 3 N–H and O–H groups in total. The van der Waals surface area contributed by atoms with E-state index in [1.54, 1.807) is 0 Å². The van der Waals surface area contributed by atoms with Crippen LogP contribution in [0.4, 0.5) is 8.78 Å². The van der Waals surface area contributed by atoms with Crippen molar-refractivity contribution < 1.29 is 18.7 Å². The Kier molecular flexibility index (Phi) is 4.19. The van der Waals surface area contributed by atoms with Crippen LogP contribution in [-0.4, -0.2) is 11.0 Å². The maximum absolute atomic E-state index is 13.7. The summed E-state index contributed by atoms with van der Waals surface area (Å²) < 4.78 is 32.6. The van der Waals surface area contributed by atoms with Crippen LogP contribution in [0.3, 0.4) is 0 Å². The highest BCUT2D eigenvalue weighted by molar-refractivity contribution is 9.10. The second kappa shape index (κ2) is 5.87. The van der Waals surface area contributed by atoms with E-state index in [4.69, 9.17) is 15.7 Å². The number of oxime groups is 1. The molecular weight excluding hydrogens is 334 g/mol. The van der Waals surface area contributed by atoms with Crippen LogP contribution in [0.15, 0.2) is 46.0 Å². The molecule has 2 aromatic rings. The summed E-state index contributed by atoms with van der Waals surface area (Å²) in [5.74, 6) is -1.25. The summed E-state index contributed by atoms with van der Waals surface area (Å²) in [5.41, 5.74) is 5.25. The Morgan fingerprint density at radius 3 is 2.60 bits per heavy atom. The Morgan fingerprint density at radius 2 is 1.95 bits per heavy atom. The van der Waals surface area contributed by atoms with Gasteiger partial charge in [0.1, 0.15) is 23.1 Å². The summed E-state index contributed by atoms with van der Waals surface area (Å²) in [4.78, 5) is 0. The number of benzene rings is 2. The third-order valence-electron chi connectivity index (χ3n) is 2.45. The van der Waals surface area contributed by atoms with Crippen molar-refractivity contribution in [2.24, 2.45) is 10.9 Å². The van der Waals surface area contributed by atoms with Crippen LogP contribution in [-0.2, 0) is 0 Å². The number of rotatable bonds is 3. The first-order valence-corrected chi connectivity index (χ1v) is 6.21. The maximum atomic E-state index is 13.7. The Bertz CT molecular complexity index is 677. The van der Waals surface area contributed by atoms with Gasteiger partial charge in [0.2, 0.25) is 0 Å². The molecule has 0 saturated carbocycles. The molecule has 0 atom stereocenters. The van der Waals surface area contributed by atoms with E-state index >= 15 is 0 Å². The van der Waals surface area contributed by atoms with Gasteiger partial charge in [0, 0.05) is 0 Å². The monoisotopic (exact) mass is 342 g/mol. The molecule has 0 bridgehead atoms. The molecule has 0 unspecified atom stereocenters. The van der Waals surface area contributed by atoms with Crippen molar-refractivity contribution >= 4 is 21.8 Å². The Labute approximate surface area is 121 Å². The molecule has 0 aliphatic heterocycles.